The van der Waals surface area contributed by atoms with Crippen molar-refractivity contribution < 1.29 is 17.2 Å². The van der Waals surface area contributed by atoms with Crippen LogP contribution in [0.2, 0.25) is 0 Å². The SMILES string of the molecule is CCCCCCCCCCCCCCCC[S+](CC)CC.COS(=O)(=O)[O-]. The third-order valence-electron chi connectivity index (χ3n) is 4.81. The third kappa shape index (κ3) is 28.5. The molecule has 0 unspecified atom stereocenters. The highest BCUT2D eigenvalue weighted by Crippen LogP contribution is 2.13. The van der Waals surface area contributed by atoms with E-state index in [0.29, 0.717) is 0 Å². The maximum atomic E-state index is 9.22. The molecule has 0 fully saturated rings. The van der Waals surface area contributed by atoms with Gasteiger partial charge in [0.1, 0.15) is 17.3 Å². The average Bonchev–Trinajstić information content (AvgIpc) is 2.65. The van der Waals surface area contributed by atoms with Crippen molar-refractivity contribution in [3.8, 4) is 0 Å². The lowest BCUT2D eigenvalue weighted by molar-refractivity contribution is 0.314. The summed E-state index contributed by atoms with van der Waals surface area (Å²) in [6.07, 6.45) is 20.6. The van der Waals surface area contributed by atoms with E-state index >= 15 is 0 Å². The number of hydrogen-bond donors (Lipinski definition) is 0. The largest absolute Gasteiger partial charge is 0.726 e. The van der Waals surface area contributed by atoms with Crippen molar-refractivity contribution in [3.63, 3.8) is 0 Å². The van der Waals surface area contributed by atoms with Crippen molar-refractivity contribution in [2.45, 2.75) is 111 Å². The second-order valence-electron chi connectivity index (χ2n) is 7.06. The Morgan fingerprint density at radius 3 is 1.22 bits per heavy atom. The minimum atomic E-state index is -4.41. The summed E-state index contributed by atoms with van der Waals surface area (Å²) >= 11 is 0. The van der Waals surface area contributed by atoms with Crippen molar-refractivity contribution in [1.29, 1.82) is 0 Å². The highest BCUT2D eigenvalue weighted by molar-refractivity contribution is 7.96. The van der Waals surface area contributed by atoms with Gasteiger partial charge in [0.25, 0.3) is 0 Å². The highest BCUT2D eigenvalue weighted by Gasteiger charge is 2.10. The van der Waals surface area contributed by atoms with E-state index in [1.54, 1.807) is 0 Å². The molecular weight excluding hydrogens is 380 g/mol. The van der Waals surface area contributed by atoms with Crippen LogP contribution in [0, 0.1) is 0 Å². The van der Waals surface area contributed by atoms with Gasteiger partial charge in [0.05, 0.1) is 7.11 Å². The van der Waals surface area contributed by atoms with Gasteiger partial charge in [0, 0.05) is 0 Å². The lowest BCUT2D eigenvalue weighted by atomic mass is 10.0. The Bertz CT molecular complexity index is 368. The molecule has 0 spiro atoms. The molecule has 166 valence electrons. The monoisotopic (exact) mass is 426 g/mol. The van der Waals surface area contributed by atoms with Crippen molar-refractivity contribution in [1.82, 2.24) is 0 Å². The molecule has 0 saturated carbocycles. The Morgan fingerprint density at radius 2 is 0.963 bits per heavy atom. The van der Waals surface area contributed by atoms with E-state index in [-0.39, 0.29) is 0 Å². The quantitative estimate of drug-likeness (QED) is 0.113. The molecule has 0 aliphatic heterocycles. The number of hydrogen-bond acceptors (Lipinski definition) is 4. The molecular formula is C21H46O4S2. The smallest absolute Gasteiger partial charge is 0.217 e. The maximum absolute atomic E-state index is 9.22. The molecule has 0 aliphatic rings. The summed E-state index contributed by atoms with van der Waals surface area (Å²) in [5.41, 5.74) is 0. The molecule has 0 amide bonds. The Balaban J connectivity index is 0. The van der Waals surface area contributed by atoms with Gasteiger partial charge in [-0.15, -0.1) is 0 Å². The van der Waals surface area contributed by atoms with Crippen LogP contribution in [0.1, 0.15) is 111 Å². The maximum Gasteiger partial charge on any atom is 0.217 e. The Morgan fingerprint density at radius 1 is 0.667 bits per heavy atom. The Labute approximate surface area is 173 Å². The summed E-state index contributed by atoms with van der Waals surface area (Å²) in [5.74, 6) is 4.33. The van der Waals surface area contributed by atoms with Crippen molar-refractivity contribution in [3.05, 3.63) is 0 Å². The molecule has 0 aromatic heterocycles. The van der Waals surface area contributed by atoms with Gasteiger partial charge in [-0.2, -0.15) is 0 Å². The molecule has 0 N–H and O–H groups in total. The van der Waals surface area contributed by atoms with Crippen LogP contribution in [0.25, 0.3) is 0 Å². The topological polar surface area (TPSA) is 66.4 Å². The van der Waals surface area contributed by atoms with Crippen LogP contribution in [0.15, 0.2) is 0 Å². The van der Waals surface area contributed by atoms with Crippen molar-refractivity contribution in [2.24, 2.45) is 0 Å². The lowest BCUT2D eigenvalue weighted by Gasteiger charge is -2.04. The van der Waals surface area contributed by atoms with E-state index in [4.69, 9.17) is 0 Å². The van der Waals surface area contributed by atoms with Gasteiger partial charge < -0.3 is 4.55 Å². The first-order chi connectivity index (χ1) is 12.9. The highest BCUT2D eigenvalue weighted by atomic mass is 32.3. The normalized spacial score (nSPS) is 11.5. The second-order valence-corrected chi connectivity index (χ2v) is 11.0. The van der Waals surface area contributed by atoms with Crippen LogP contribution >= 0.6 is 0 Å². The summed E-state index contributed by atoms with van der Waals surface area (Å²) < 4.78 is 31.0. The molecule has 6 heteroatoms. The molecule has 0 atom stereocenters. The zero-order valence-electron chi connectivity index (χ0n) is 18.5. The van der Waals surface area contributed by atoms with Crippen LogP contribution in [0.4, 0.5) is 0 Å². The molecule has 27 heavy (non-hydrogen) atoms. The van der Waals surface area contributed by atoms with E-state index in [0.717, 1.165) is 18.0 Å². The molecule has 0 radical (unpaired) electrons. The molecule has 0 heterocycles. The standard InChI is InChI=1S/C20H43S.CH4O4S/c1-4-7-8-9-10-11-12-13-14-15-16-17-18-19-20-21(5-2)6-3;1-5-6(2,3)4/h4-20H2,1-3H3;1H3,(H,2,3,4)/q+1;/p-1. The summed E-state index contributed by atoms with van der Waals surface area (Å²) in [4.78, 5) is 0. The van der Waals surface area contributed by atoms with Crippen LogP contribution < -0.4 is 0 Å². The van der Waals surface area contributed by atoms with E-state index in [1.807, 2.05) is 0 Å². The minimum absolute atomic E-state index is 0.745. The number of rotatable bonds is 18. The van der Waals surface area contributed by atoms with E-state index in [2.05, 4.69) is 25.0 Å². The second kappa shape index (κ2) is 22.5. The van der Waals surface area contributed by atoms with Crippen molar-refractivity contribution in [2.75, 3.05) is 24.4 Å². The van der Waals surface area contributed by atoms with Gasteiger partial charge in [-0.25, -0.2) is 8.42 Å². The fourth-order valence-corrected chi connectivity index (χ4v) is 4.59. The van der Waals surface area contributed by atoms with Gasteiger partial charge >= 0.3 is 0 Å². The predicted molar refractivity (Wildman–Crippen MR) is 120 cm³/mol. The fourth-order valence-electron chi connectivity index (χ4n) is 2.99. The zero-order chi connectivity index (χ0) is 20.8. The van der Waals surface area contributed by atoms with Crippen LogP contribution in [-0.2, 0) is 25.5 Å². The minimum Gasteiger partial charge on any atom is -0.726 e. The molecule has 0 rings (SSSR count). The van der Waals surface area contributed by atoms with Gasteiger partial charge in [0.2, 0.25) is 10.4 Å². The Hall–Kier alpha value is 0.220. The molecule has 0 aromatic rings. The number of unbranched alkanes of at least 4 members (excludes halogenated alkanes) is 13. The predicted octanol–water partition coefficient (Wildman–Crippen LogP) is 6.22. The van der Waals surface area contributed by atoms with Gasteiger partial charge in [-0.3, -0.25) is 4.18 Å². The lowest BCUT2D eigenvalue weighted by Crippen LogP contribution is -2.12. The van der Waals surface area contributed by atoms with Crippen LogP contribution in [-0.4, -0.2) is 37.3 Å². The van der Waals surface area contributed by atoms with Gasteiger partial charge in [-0.05, 0) is 37.6 Å². The van der Waals surface area contributed by atoms with Gasteiger partial charge in [0.15, 0.2) is 0 Å². The zero-order valence-corrected chi connectivity index (χ0v) is 20.1. The van der Waals surface area contributed by atoms with Crippen molar-refractivity contribution >= 4 is 21.3 Å². The first kappa shape index (κ1) is 29.4. The first-order valence-electron chi connectivity index (χ1n) is 11.1. The average molecular weight is 427 g/mol. The molecule has 0 aliphatic carbocycles. The van der Waals surface area contributed by atoms with E-state index in [9.17, 15) is 13.0 Å². The molecule has 0 bridgehead atoms. The summed E-state index contributed by atoms with van der Waals surface area (Å²) in [7, 11) is -2.86. The molecule has 0 saturated heterocycles. The summed E-state index contributed by atoms with van der Waals surface area (Å²) in [6.45, 7) is 7.01. The summed E-state index contributed by atoms with van der Waals surface area (Å²) in [6, 6.07) is 0. The third-order valence-corrected chi connectivity index (χ3v) is 7.71. The van der Waals surface area contributed by atoms with E-state index in [1.165, 1.54) is 107 Å². The van der Waals surface area contributed by atoms with Crippen LogP contribution in [0.3, 0.4) is 0 Å². The molecule has 4 nitrogen and oxygen atoms in total. The van der Waals surface area contributed by atoms with Crippen LogP contribution in [0.5, 0.6) is 0 Å². The molecule has 0 aromatic carbocycles. The Kier molecular flexibility index (Phi) is 24.5. The van der Waals surface area contributed by atoms with Gasteiger partial charge in [-0.1, -0.05) is 84.0 Å². The first-order valence-corrected chi connectivity index (χ1v) is 14.1. The summed E-state index contributed by atoms with van der Waals surface area (Å²) in [5, 5.41) is 0. The fraction of sp³-hybridized carbons (Fsp3) is 1.00. The van der Waals surface area contributed by atoms with E-state index < -0.39 is 10.4 Å².